The molecule has 26 heavy (non-hydrogen) atoms. The van der Waals surface area contributed by atoms with Crippen LogP contribution in [0.5, 0.6) is 0 Å². The number of anilines is 1. The summed E-state index contributed by atoms with van der Waals surface area (Å²) in [5.74, 6) is -1.42. The lowest BCUT2D eigenvalue weighted by molar-refractivity contribution is 0.100. The number of nitrogens with two attached hydrogens (primary N) is 1. The second-order valence-corrected chi connectivity index (χ2v) is 7.23. The SMILES string of the molecule is Cc1sc(C(=O)Nc2cccc(Cl)c2C(N)=O)cc1-c1ccc(F)cc1. The Morgan fingerprint density at radius 3 is 2.50 bits per heavy atom. The van der Waals surface area contributed by atoms with E-state index in [-0.39, 0.29) is 28.0 Å². The zero-order valence-corrected chi connectivity index (χ0v) is 15.2. The van der Waals surface area contributed by atoms with Crippen molar-refractivity contribution in [3.05, 3.63) is 74.7 Å². The highest BCUT2D eigenvalue weighted by molar-refractivity contribution is 7.14. The first-order valence-corrected chi connectivity index (χ1v) is 8.82. The van der Waals surface area contributed by atoms with Crippen molar-refractivity contribution < 1.29 is 14.0 Å². The summed E-state index contributed by atoms with van der Waals surface area (Å²) in [5.41, 5.74) is 7.33. The van der Waals surface area contributed by atoms with Crippen LogP contribution in [0.4, 0.5) is 10.1 Å². The van der Waals surface area contributed by atoms with Crippen molar-refractivity contribution in [1.82, 2.24) is 0 Å². The number of primary amides is 1. The molecule has 0 aliphatic carbocycles. The first-order chi connectivity index (χ1) is 12.4. The third-order valence-corrected chi connectivity index (χ3v) is 5.17. The number of carbonyl (C=O) groups is 2. The van der Waals surface area contributed by atoms with Crippen molar-refractivity contribution in [3.63, 3.8) is 0 Å². The first-order valence-electron chi connectivity index (χ1n) is 7.63. The monoisotopic (exact) mass is 388 g/mol. The van der Waals surface area contributed by atoms with E-state index in [2.05, 4.69) is 5.32 Å². The average Bonchev–Trinajstić information content (AvgIpc) is 2.97. The van der Waals surface area contributed by atoms with Crippen molar-refractivity contribution in [3.8, 4) is 11.1 Å². The quantitative estimate of drug-likeness (QED) is 0.669. The van der Waals surface area contributed by atoms with Crippen LogP contribution < -0.4 is 11.1 Å². The van der Waals surface area contributed by atoms with Gasteiger partial charge in [-0.25, -0.2) is 4.39 Å². The number of amides is 2. The van der Waals surface area contributed by atoms with Gasteiger partial charge in [-0.2, -0.15) is 0 Å². The van der Waals surface area contributed by atoms with Gasteiger partial charge in [0, 0.05) is 4.88 Å². The molecule has 3 rings (SSSR count). The highest BCUT2D eigenvalue weighted by Crippen LogP contribution is 2.32. The van der Waals surface area contributed by atoms with E-state index in [4.69, 9.17) is 17.3 Å². The largest absolute Gasteiger partial charge is 0.365 e. The van der Waals surface area contributed by atoms with E-state index in [9.17, 15) is 14.0 Å². The fourth-order valence-corrected chi connectivity index (χ4v) is 3.78. The van der Waals surface area contributed by atoms with Crippen LogP contribution in [0.3, 0.4) is 0 Å². The van der Waals surface area contributed by atoms with Gasteiger partial charge in [-0.1, -0.05) is 29.8 Å². The molecule has 7 heteroatoms. The third-order valence-electron chi connectivity index (χ3n) is 3.81. The van der Waals surface area contributed by atoms with Crippen LogP contribution >= 0.6 is 22.9 Å². The minimum absolute atomic E-state index is 0.0644. The Morgan fingerprint density at radius 2 is 1.85 bits per heavy atom. The fourth-order valence-electron chi connectivity index (χ4n) is 2.57. The summed E-state index contributed by atoms with van der Waals surface area (Å²) in [6, 6.07) is 12.5. The minimum Gasteiger partial charge on any atom is -0.365 e. The van der Waals surface area contributed by atoms with Crippen molar-refractivity contribution in [1.29, 1.82) is 0 Å². The zero-order chi connectivity index (χ0) is 18.8. The molecule has 1 aromatic heterocycles. The molecule has 3 N–H and O–H groups in total. The highest BCUT2D eigenvalue weighted by Gasteiger charge is 2.18. The molecule has 0 aliphatic heterocycles. The van der Waals surface area contributed by atoms with Crippen LogP contribution in [0.15, 0.2) is 48.5 Å². The van der Waals surface area contributed by atoms with Crippen LogP contribution in [0.1, 0.15) is 24.9 Å². The first kappa shape index (κ1) is 18.1. The number of benzene rings is 2. The van der Waals surface area contributed by atoms with Gasteiger partial charge in [-0.05, 0) is 48.4 Å². The number of hydrogen-bond donors (Lipinski definition) is 2. The summed E-state index contributed by atoms with van der Waals surface area (Å²) in [5, 5.41) is 2.85. The van der Waals surface area contributed by atoms with Crippen molar-refractivity contribution >= 4 is 40.4 Å². The summed E-state index contributed by atoms with van der Waals surface area (Å²) in [7, 11) is 0. The molecule has 0 radical (unpaired) electrons. The molecule has 0 unspecified atom stereocenters. The molecule has 132 valence electrons. The molecule has 2 aromatic carbocycles. The third kappa shape index (κ3) is 3.61. The molecule has 3 aromatic rings. The van der Waals surface area contributed by atoms with Crippen molar-refractivity contribution in [2.24, 2.45) is 5.73 Å². The van der Waals surface area contributed by atoms with Crippen LogP contribution in [0, 0.1) is 12.7 Å². The molecule has 0 bridgehead atoms. The Bertz CT molecular complexity index is 999. The fraction of sp³-hybridized carbons (Fsp3) is 0.0526. The van der Waals surface area contributed by atoms with E-state index in [1.807, 2.05) is 6.92 Å². The molecule has 0 aliphatic rings. The smallest absolute Gasteiger partial charge is 0.265 e. The van der Waals surface area contributed by atoms with Gasteiger partial charge in [0.15, 0.2) is 0 Å². The molecule has 0 spiro atoms. The van der Waals surface area contributed by atoms with E-state index in [1.54, 1.807) is 30.3 Å². The Labute approximate surface area is 158 Å². The summed E-state index contributed by atoms with van der Waals surface area (Å²) in [6.45, 7) is 1.88. The number of carbonyl (C=O) groups excluding carboxylic acids is 2. The van der Waals surface area contributed by atoms with E-state index in [0.717, 1.165) is 16.0 Å². The number of rotatable bonds is 4. The number of halogens is 2. The predicted molar refractivity (Wildman–Crippen MR) is 102 cm³/mol. The van der Waals surface area contributed by atoms with Gasteiger partial charge >= 0.3 is 0 Å². The lowest BCUT2D eigenvalue weighted by Crippen LogP contribution is -2.18. The van der Waals surface area contributed by atoms with Gasteiger partial charge in [0.2, 0.25) is 0 Å². The summed E-state index contributed by atoms with van der Waals surface area (Å²) >= 11 is 7.30. The van der Waals surface area contributed by atoms with Gasteiger partial charge in [0.05, 0.1) is 21.2 Å². The number of hydrogen-bond acceptors (Lipinski definition) is 3. The Hall–Kier alpha value is -2.70. The van der Waals surface area contributed by atoms with Crippen LogP contribution in [-0.2, 0) is 0 Å². The molecule has 0 atom stereocenters. The van der Waals surface area contributed by atoms with Gasteiger partial charge in [-0.15, -0.1) is 11.3 Å². The molecule has 0 fully saturated rings. The molecule has 1 heterocycles. The minimum atomic E-state index is -0.722. The molecular formula is C19H14ClFN2O2S. The van der Waals surface area contributed by atoms with E-state index >= 15 is 0 Å². The van der Waals surface area contributed by atoms with Crippen LogP contribution in [0.25, 0.3) is 11.1 Å². The molecule has 0 saturated carbocycles. The maximum Gasteiger partial charge on any atom is 0.265 e. The van der Waals surface area contributed by atoms with E-state index < -0.39 is 5.91 Å². The van der Waals surface area contributed by atoms with Gasteiger partial charge in [0.1, 0.15) is 5.82 Å². The average molecular weight is 389 g/mol. The molecule has 2 amide bonds. The number of aryl methyl sites for hydroxylation is 1. The van der Waals surface area contributed by atoms with Gasteiger partial charge < -0.3 is 11.1 Å². The van der Waals surface area contributed by atoms with Gasteiger partial charge in [0.25, 0.3) is 11.8 Å². The van der Waals surface area contributed by atoms with Crippen LogP contribution in [-0.4, -0.2) is 11.8 Å². The molecule has 0 saturated heterocycles. The van der Waals surface area contributed by atoms with E-state index in [1.165, 1.54) is 29.5 Å². The second-order valence-electron chi connectivity index (χ2n) is 5.57. The normalized spacial score (nSPS) is 10.6. The topological polar surface area (TPSA) is 72.2 Å². The summed E-state index contributed by atoms with van der Waals surface area (Å²) < 4.78 is 13.1. The lowest BCUT2D eigenvalue weighted by Gasteiger charge is -2.09. The maximum atomic E-state index is 13.1. The molecule has 4 nitrogen and oxygen atoms in total. The Balaban J connectivity index is 1.91. The Morgan fingerprint density at radius 1 is 1.15 bits per heavy atom. The number of nitrogens with one attached hydrogen (secondary N) is 1. The summed E-state index contributed by atoms with van der Waals surface area (Å²) in [6.07, 6.45) is 0. The van der Waals surface area contributed by atoms with Gasteiger partial charge in [-0.3, -0.25) is 9.59 Å². The van der Waals surface area contributed by atoms with Crippen molar-refractivity contribution in [2.75, 3.05) is 5.32 Å². The Kier molecular flexibility index (Phi) is 5.06. The molecular weight excluding hydrogens is 375 g/mol. The zero-order valence-electron chi connectivity index (χ0n) is 13.7. The van der Waals surface area contributed by atoms with Crippen molar-refractivity contribution in [2.45, 2.75) is 6.92 Å². The standard InChI is InChI=1S/C19H14ClFN2O2S/c1-10-13(11-5-7-12(21)8-6-11)9-16(26-10)19(25)23-15-4-2-3-14(20)17(15)18(22)24/h2-9H,1H3,(H2,22,24)(H,23,25). The predicted octanol–water partition coefficient (Wildman–Crippen LogP) is 4.87. The number of thiophene rings is 1. The lowest BCUT2D eigenvalue weighted by atomic mass is 10.1. The second kappa shape index (κ2) is 7.27. The maximum absolute atomic E-state index is 13.1. The summed E-state index contributed by atoms with van der Waals surface area (Å²) in [4.78, 5) is 25.6. The highest BCUT2D eigenvalue weighted by atomic mass is 35.5. The van der Waals surface area contributed by atoms with Crippen LogP contribution in [0.2, 0.25) is 5.02 Å². The van der Waals surface area contributed by atoms with E-state index in [0.29, 0.717) is 4.88 Å².